The lowest BCUT2D eigenvalue weighted by atomic mass is 10.1. The van der Waals surface area contributed by atoms with Crippen molar-refractivity contribution in [3.63, 3.8) is 0 Å². The van der Waals surface area contributed by atoms with Crippen LogP contribution in [-0.4, -0.2) is 90.9 Å². The summed E-state index contributed by atoms with van der Waals surface area (Å²) in [4.78, 5) is 45.2. The fraction of sp³-hybridized carbons (Fsp3) is 0.609. The molecule has 1 unspecified atom stereocenters. The zero-order valence-electron chi connectivity index (χ0n) is 18.8. The molecular formula is C23H34ClN5O3. The first-order chi connectivity index (χ1) is 15.1. The molecule has 1 atom stereocenters. The van der Waals surface area contributed by atoms with E-state index in [4.69, 9.17) is 0 Å². The van der Waals surface area contributed by atoms with Crippen LogP contribution < -0.4 is 10.2 Å². The summed E-state index contributed by atoms with van der Waals surface area (Å²) in [5, 5.41) is 2.97. The summed E-state index contributed by atoms with van der Waals surface area (Å²) >= 11 is 0. The lowest BCUT2D eigenvalue weighted by Crippen LogP contribution is -2.47. The van der Waals surface area contributed by atoms with Crippen LogP contribution in [0, 0.1) is 0 Å². The lowest BCUT2D eigenvalue weighted by Gasteiger charge is -2.37. The molecule has 0 bridgehead atoms. The van der Waals surface area contributed by atoms with Gasteiger partial charge in [-0.25, -0.2) is 4.79 Å². The summed E-state index contributed by atoms with van der Waals surface area (Å²) in [7, 11) is 0. The Morgan fingerprint density at radius 2 is 1.81 bits per heavy atom. The molecule has 1 N–H and O–H groups in total. The highest BCUT2D eigenvalue weighted by Gasteiger charge is 2.46. The van der Waals surface area contributed by atoms with Crippen LogP contribution in [0.1, 0.15) is 43.0 Å². The molecule has 8 nitrogen and oxygen atoms in total. The Morgan fingerprint density at radius 1 is 1.06 bits per heavy atom. The summed E-state index contributed by atoms with van der Waals surface area (Å²) in [5.74, 6) is -0.0226. The third-order valence-electron chi connectivity index (χ3n) is 6.53. The number of fused-ring (bicyclic) bond motifs is 1. The van der Waals surface area contributed by atoms with Crippen LogP contribution in [0.4, 0.5) is 10.5 Å². The lowest BCUT2D eigenvalue weighted by molar-refractivity contribution is -0.128. The smallest absolute Gasteiger partial charge is 0.327 e. The summed E-state index contributed by atoms with van der Waals surface area (Å²) < 4.78 is 0. The van der Waals surface area contributed by atoms with Crippen molar-refractivity contribution in [2.75, 3.05) is 57.3 Å². The standard InChI is InChI=1S/C23H33N5O3.ClH/c1-2-10-24-21(29)18-7-3-4-8-19(18)26-16-14-25(15-17-26)11-6-13-28-22(30)20-9-5-12-27(20)23(28)31;/h3-4,7-8,20H,2,5-6,9-17H2,1H3,(H,24,29);1H. The first kappa shape index (κ1) is 24.3. The summed E-state index contributed by atoms with van der Waals surface area (Å²) in [6.07, 6.45) is 3.46. The van der Waals surface area contributed by atoms with Gasteiger partial charge in [-0.05, 0) is 44.4 Å². The molecule has 3 aliphatic heterocycles. The van der Waals surface area contributed by atoms with Gasteiger partial charge in [0, 0.05) is 51.5 Å². The number of piperazine rings is 1. The Balaban J connectivity index is 0.00000289. The molecule has 1 aromatic carbocycles. The fourth-order valence-electron chi connectivity index (χ4n) is 4.83. The molecule has 1 aromatic rings. The number of nitrogens with one attached hydrogen (secondary N) is 1. The van der Waals surface area contributed by atoms with Crippen LogP contribution in [0.25, 0.3) is 0 Å². The SMILES string of the molecule is CCCNC(=O)c1ccccc1N1CCN(CCCN2C(=O)C3CCCN3C2=O)CC1.Cl. The van der Waals surface area contributed by atoms with Crippen LogP contribution in [0.5, 0.6) is 0 Å². The monoisotopic (exact) mass is 463 g/mol. The predicted molar refractivity (Wildman–Crippen MR) is 126 cm³/mol. The highest BCUT2D eigenvalue weighted by molar-refractivity contribution is 6.04. The summed E-state index contributed by atoms with van der Waals surface area (Å²) in [5.41, 5.74) is 1.72. The van der Waals surface area contributed by atoms with E-state index >= 15 is 0 Å². The van der Waals surface area contributed by atoms with Crippen LogP contribution in [0.2, 0.25) is 0 Å². The Labute approximate surface area is 196 Å². The molecule has 176 valence electrons. The van der Waals surface area contributed by atoms with Gasteiger partial charge in [-0.2, -0.15) is 0 Å². The van der Waals surface area contributed by atoms with Crippen LogP contribution in [0.3, 0.4) is 0 Å². The van der Waals surface area contributed by atoms with Crippen molar-refractivity contribution in [3.8, 4) is 0 Å². The fourth-order valence-corrected chi connectivity index (χ4v) is 4.83. The van der Waals surface area contributed by atoms with E-state index in [2.05, 4.69) is 15.1 Å². The van der Waals surface area contributed by atoms with E-state index in [0.717, 1.165) is 69.7 Å². The van der Waals surface area contributed by atoms with Gasteiger partial charge in [0.2, 0.25) is 0 Å². The minimum atomic E-state index is -0.203. The number of amides is 4. The van der Waals surface area contributed by atoms with E-state index < -0.39 is 0 Å². The van der Waals surface area contributed by atoms with Crippen molar-refractivity contribution >= 4 is 35.9 Å². The average molecular weight is 464 g/mol. The van der Waals surface area contributed by atoms with Crippen molar-refractivity contribution < 1.29 is 14.4 Å². The minimum Gasteiger partial charge on any atom is -0.368 e. The first-order valence-corrected chi connectivity index (χ1v) is 11.6. The number of para-hydroxylation sites is 1. The van der Waals surface area contributed by atoms with Gasteiger partial charge in [-0.3, -0.25) is 19.4 Å². The van der Waals surface area contributed by atoms with Gasteiger partial charge in [0.05, 0.1) is 5.56 Å². The second kappa shape index (κ2) is 11.0. The molecule has 3 aliphatic rings. The molecule has 4 rings (SSSR count). The van der Waals surface area contributed by atoms with Crippen molar-refractivity contribution in [1.82, 2.24) is 20.0 Å². The van der Waals surface area contributed by atoms with Crippen LogP contribution in [0.15, 0.2) is 24.3 Å². The zero-order valence-corrected chi connectivity index (χ0v) is 19.6. The van der Waals surface area contributed by atoms with Gasteiger partial charge in [-0.15, -0.1) is 12.4 Å². The average Bonchev–Trinajstić information content (AvgIpc) is 3.37. The van der Waals surface area contributed by atoms with Gasteiger partial charge < -0.3 is 15.1 Å². The van der Waals surface area contributed by atoms with Crippen molar-refractivity contribution in [2.45, 2.75) is 38.6 Å². The number of hydrogen-bond acceptors (Lipinski definition) is 5. The topological polar surface area (TPSA) is 76.2 Å². The normalized spacial score (nSPS) is 21.0. The van der Waals surface area contributed by atoms with Crippen LogP contribution in [-0.2, 0) is 4.79 Å². The maximum atomic E-state index is 12.5. The van der Waals surface area contributed by atoms with Gasteiger partial charge in [0.25, 0.3) is 11.8 Å². The van der Waals surface area contributed by atoms with Gasteiger partial charge >= 0.3 is 6.03 Å². The molecule has 4 amide bonds. The number of hydrogen-bond donors (Lipinski definition) is 1. The Morgan fingerprint density at radius 3 is 2.53 bits per heavy atom. The van der Waals surface area contributed by atoms with E-state index in [1.807, 2.05) is 31.2 Å². The Hall–Kier alpha value is -2.32. The van der Waals surface area contributed by atoms with E-state index in [-0.39, 0.29) is 36.3 Å². The molecule has 0 spiro atoms. The van der Waals surface area contributed by atoms with E-state index in [9.17, 15) is 14.4 Å². The predicted octanol–water partition coefficient (Wildman–Crippen LogP) is 2.19. The zero-order chi connectivity index (χ0) is 21.8. The number of imide groups is 1. The van der Waals surface area contributed by atoms with Crippen molar-refractivity contribution in [2.24, 2.45) is 0 Å². The highest BCUT2D eigenvalue weighted by Crippen LogP contribution is 2.27. The largest absolute Gasteiger partial charge is 0.368 e. The third-order valence-corrected chi connectivity index (χ3v) is 6.53. The number of benzene rings is 1. The van der Waals surface area contributed by atoms with E-state index in [1.165, 1.54) is 4.90 Å². The van der Waals surface area contributed by atoms with Crippen LogP contribution >= 0.6 is 12.4 Å². The Bertz CT molecular complexity index is 806. The quantitative estimate of drug-likeness (QED) is 0.598. The number of carbonyl (C=O) groups excluding carboxylic acids is 3. The summed E-state index contributed by atoms with van der Waals surface area (Å²) in [6.45, 7) is 8.34. The van der Waals surface area contributed by atoms with Crippen molar-refractivity contribution in [1.29, 1.82) is 0 Å². The molecule has 9 heteroatoms. The molecule has 0 saturated carbocycles. The number of rotatable bonds is 8. The molecule has 0 aliphatic carbocycles. The van der Waals surface area contributed by atoms with E-state index in [0.29, 0.717) is 19.6 Å². The highest BCUT2D eigenvalue weighted by atomic mass is 35.5. The van der Waals surface area contributed by atoms with Crippen molar-refractivity contribution in [3.05, 3.63) is 29.8 Å². The molecule has 3 heterocycles. The number of anilines is 1. The second-order valence-electron chi connectivity index (χ2n) is 8.58. The minimum absolute atomic E-state index is 0. The van der Waals surface area contributed by atoms with Gasteiger partial charge in [0.15, 0.2) is 0 Å². The third kappa shape index (κ3) is 5.02. The molecule has 3 fully saturated rings. The number of halogens is 1. The maximum absolute atomic E-state index is 12.5. The molecule has 0 aromatic heterocycles. The number of carbonyl (C=O) groups is 3. The number of nitrogens with zero attached hydrogens (tertiary/aromatic N) is 4. The molecule has 3 saturated heterocycles. The number of urea groups is 1. The first-order valence-electron chi connectivity index (χ1n) is 11.6. The molecule has 32 heavy (non-hydrogen) atoms. The maximum Gasteiger partial charge on any atom is 0.327 e. The van der Waals surface area contributed by atoms with Gasteiger partial charge in [0.1, 0.15) is 6.04 Å². The molecule has 0 radical (unpaired) electrons. The van der Waals surface area contributed by atoms with Gasteiger partial charge in [-0.1, -0.05) is 19.1 Å². The molecular weight excluding hydrogens is 430 g/mol. The Kier molecular flexibility index (Phi) is 8.37. The second-order valence-corrected chi connectivity index (χ2v) is 8.58. The summed E-state index contributed by atoms with van der Waals surface area (Å²) in [6, 6.07) is 7.50. The van der Waals surface area contributed by atoms with E-state index in [1.54, 1.807) is 4.90 Å².